The van der Waals surface area contributed by atoms with Gasteiger partial charge in [0, 0.05) is 6.42 Å². The van der Waals surface area contributed by atoms with Crippen molar-refractivity contribution in [2.24, 2.45) is 0 Å². The van der Waals surface area contributed by atoms with Crippen molar-refractivity contribution in [3.63, 3.8) is 0 Å². The number of aryl methyl sites for hydroxylation is 1. The van der Waals surface area contributed by atoms with Gasteiger partial charge in [-0.05, 0) is 47.9 Å². The van der Waals surface area contributed by atoms with Crippen LogP contribution in [-0.4, -0.2) is 17.0 Å². The standard InChI is InChI=1S/C21H23NO3/c1-14-10-12-19(18-9-5-4-7-16(14)18)22-20(23)13-11-15-6-2-3-8-17(15)21(24)25/h2-9,14,19H,10-13H2,1H3,(H,22,23)(H,24,25). The van der Waals surface area contributed by atoms with Crippen LogP contribution in [0.15, 0.2) is 48.5 Å². The first-order chi connectivity index (χ1) is 12.1. The van der Waals surface area contributed by atoms with E-state index in [1.807, 2.05) is 12.1 Å². The number of hydrogen-bond donors (Lipinski definition) is 2. The van der Waals surface area contributed by atoms with Crippen LogP contribution in [0.5, 0.6) is 0 Å². The maximum Gasteiger partial charge on any atom is 0.335 e. The molecule has 4 heteroatoms. The number of benzene rings is 2. The van der Waals surface area contributed by atoms with E-state index >= 15 is 0 Å². The molecule has 0 saturated carbocycles. The Morgan fingerprint density at radius 2 is 1.72 bits per heavy atom. The molecule has 0 heterocycles. The van der Waals surface area contributed by atoms with Crippen molar-refractivity contribution in [2.45, 2.75) is 44.6 Å². The Hall–Kier alpha value is -2.62. The number of carboxylic acids is 1. The minimum Gasteiger partial charge on any atom is -0.478 e. The molecule has 1 amide bonds. The van der Waals surface area contributed by atoms with Crippen molar-refractivity contribution in [3.05, 3.63) is 70.8 Å². The fourth-order valence-corrected chi connectivity index (χ4v) is 3.62. The first-order valence-electron chi connectivity index (χ1n) is 8.75. The molecule has 0 spiro atoms. The molecule has 0 aromatic heterocycles. The molecule has 3 rings (SSSR count). The number of carboxylic acid groups (broad SMARTS) is 1. The predicted molar refractivity (Wildman–Crippen MR) is 96.7 cm³/mol. The Balaban J connectivity index is 1.64. The topological polar surface area (TPSA) is 66.4 Å². The van der Waals surface area contributed by atoms with E-state index in [1.54, 1.807) is 24.3 Å². The first kappa shape index (κ1) is 17.2. The Kier molecular flexibility index (Phi) is 5.17. The molecule has 2 aromatic carbocycles. The fraction of sp³-hybridized carbons (Fsp3) is 0.333. The van der Waals surface area contributed by atoms with Crippen LogP contribution in [0.1, 0.15) is 65.2 Å². The van der Waals surface area contributed by atoms with E-state index in [-0.39, 0.29) is 17.5 Å². The number of hydrogen-bond acceptors (Lipinski definition) is 2. The van der Waals surface area contributed by atoms with Crippen molar-refractivity contribution < 1.29 is 14.7 Å². The lowest BCUT2D eigenvalue weighted by Crippen LogP contribution is -2.31. The second-order valence-electron chi connectivity index (χ2n) is 6.69. The summed E-state index contributed by atoms with van der Waals surface area (Å²) in [6.45, 7) is 2.22. The monoisotopic (exact) mass is 337 g/mol. The van der Waals surface area contributed by atoms with Gasteiger partial charge in [0.15, 0.2) is 0 Å². The third-order valence-corrected chi connectivity index (χ3v) is 5.00. The highest BCUT2D eigenvalue weighted by molar-refractivity contribution is 5.89. The van der Waals surface area contributed by atoms with Gasteiger partial charge in [0.05, 0.1) is 11.6 Å². The number of aromatic carboxylic acids is 1. The molecule has 0 bridgehead atoms. The van der Waals surface area contributed by atoms with Crippen LogP contribution < -0.4 is 5.32 Å². The normalized spacial score (nSPS) is 19.1. The van der Waals surface area contributed by atoms with Crippen molar-refractivity contribution in [2.75, 3.05) is 0 Å². The van der Waals surface area contributed by atoms with E-state index < -0.39 is 5.97 Å². The molecule has 2 unspecified atom stereocenters. The summed E-state index contributed by atoms with van der Waals surface area (Å²) in [7, 11) is 0. The minimum atomic E-state index is -0.953. The summed E-state index contributed by atoms with van der Waals surface area (Å²) >= 11 is 0. The zero-order valence-corrected chi connectivity index (χ0v) is 14.4. The van der Waals surface area contributed by atoms with Crippen molar-refractivity contribution in [1.29, 1.82) is 0 Å². The molecule has 4 nitrogen and oxygen atoms in total. The molecule has 0 radical (unpaired) electrons. The third-order valence-electron chi connectivity index (χ3n) is 5.00. The van der Waals surface area contributed by atoms with Gasteiger partial charge in [-0.1, -0.05) is 49.4 Å². The van der Waals surface area contributed by atoms with Crippen LogP contribution >= 0.6 is 0 Å². The maximum atomic E-state index is 12.4. The lowest BCUT2D eigenvalue weighted by atomic mass is 9.81. The average molecular weight is 337 g/mol. The Morgan fingerprint density at radius 3 is 2.48 bits per heavy atom. The zero-order valence-electron chi connectivity index (χ0n) is 14.4. The number of amides is 1. The number of fused-ring (bicyclic) bond motifs is 1. The van der Waals surface area contributed by atoms with Crippen LogP contribution in [0.25, 0.3) is 0 Å². The van der Waals surface area contributed by atoms with Crippen LogP contribution in [-0.2, 0) is 11.2 Å². The summed E-state index contributed by atoms with van der Waals surface area (Å²) in [6, 6.07) is 15.2. The van der Waals surface area contributed by atoms with E-state index in [0.717, 1.165) is 12.8 Å². The number of nitrogens with one attached hydrogen (secondary N) is 1. The molecular weight excluding hydrogens is 314 g/mol. The van der Waals surface area contributed by atoms with Gasteiger partial charge in [0.25, 0.3) is 0 Å². The van der Waals surface area contributed by atoms with E-state index in [9.17, 15) is 14.7 Å². The van der Waals surface area contributed by atoms with E-state index in [1.165, 1.54) is 11.1 Å². The van der Waals surface area contributed by atoms with E-state index in [2.05, 4.69) is 24.4 Å². The van der Waals surface area contributed by atoms with Crippen LogP contribution in [0.4, 0.5) is 0 Å². The van der Waals surface area contributed by atoms with Gasteiger partial charge in [0.1, 0.15) is 0 Å². The molecule has 2 aromatic rings. The van der Waals surface area contributed by atoms with Gasteiger partial charge in [-0.25, -0.2) is 4.79 Å². The molecule has 25 heavy (non-hydrogen) atoms. The molecular formula is C21H23NO3. The molecule has 0 aliphatic heterocycles. The fourth-order valence-electron chi connectivity index (χ4n) is 3.62. The SMILES string of the molecule is CC1CCC(NC(=O)CCc2ccccc2C(=O)O)c2ccccc21. The van der Waals surface area contributed by atoms with Crippen LogP contribution in [0.3, 0.4) is 0 Å². The number of carbonyl (C=O) groups is 2. The van der Waals surface area contributed by atoms with Crippen LogP contribution in [0.2, 0.25) is 0 Å². The van der Waals surface area contributed by atoms with Gasteiger partial charge in [-0.2, -0.15) is 0 Å². The highest BCUT2D eigenvalue weighted by Crippen LogP contribution is 2.36. The molecule has 1 aliphatic rings. The first-order valence-corrected chi connectivity index (χ1v) is 8.75. The van der Waals surface area contributed by atoms with Crippen molar-refractivity contribution in [1.82, 2.24) is 5.32 Å². The van der Waals surface area contributed by atoms with Gasteiger partial charge in [-0.3, -0.25) is 4.79 Å². The second kappa shape index (κ2) is 7.51. The minimum absolute atomic E-state index is 0.0328. The zero-order chi connectivity index (χ0) is 17.8. The van der Waals surface area contributed by atoms with Crippen molar-refractivity contribution in [3.8, 4) is 0 Å². The smallest absolute Gasteiger partial charge is 0.335 e. The summed E-state index contributed by atoms with van der Waals surface area (Å²) in [5.74, 6) is -0.465. The Labute approximate surface area is 147 Å². The Morgan fingerprint density at radius 1 is 1.04 bits per heavy atom. The third kappa shape index (κ3) is 3.90. The largest absolute Gasteiger partial charge is 0.478 e. The van der Waals surface area contributed by atoms with E-state index in [0.29, 0.717) is 24.3 Å². The van der Waals surface area contributed by atoms with Gasteiger partial charge in [-0.15, -0.1) is 0 Å². The summed E-state index contributed by atoms with van der Waals surface area (Å²) in [5.41, 5.74) is 3.49. The Bertz CT molecular complexity index is 784. The molecule has 0 saturated heterocycles. The molecule has 1 aliphatic carbocycles. The number of rotatable bonds is 5. The predicted octanol–water partition coefficient (Wildman–Crippen LogP) is 4.07. The second-order valence-corrected chi connectivity index (χ2v) is 6.69. The number of carbonyl (C=O) groups excluding carboxylic acids is 1. The van der Waals surface area contributed by atoms with Gasteiger partial charge < -0.3 is 10.4 Å². The van der Waals surface area contributed by atoms with Crippen molar-refractivity contribution >= 4 is 11.9 Å². The van der Waals surface area contributed by atoms with E-state index in [4.69, 9.17) is 0 Å². The highest BCUT2D eigenvalue weighted by Gasteiger charge is 2.25. The molecule has 2 atom stereocenters. The quantitative estimate of drug-likeness (QED) is 0.864. The van der Waals surface area contributed by atoms with Gasteiger partial charge in [0.2, 0.25) is 5.91 Å². The summed E-state index contributed by atoms with van der Waals surface area (Å²) in [5, 5.41) is 12.4. The molecule has 130 valence electrons. The summed E-state index contributed by atoms with van der Waals surface area (Å²) in [4.78, 5) is 23.6. The summed E-state index contributed by atoms with van der Waals surface area (Å²) < 4.78 is 0. The maximum absolute atomic E-state index is 12.4. The summed E-state index contributed by atoms with van der Waals surface area (Å²) in [6.07, 6.45) is 2.72. The average Bonchev–Trinajstić information content (AvgIpc) is 2.63. The highest BCUT2D eigenvalue weighted by atomic mass is 16.4. The van der Waals surface area contributed by atoms with Crippen LogP contribution in [0, 0.1) is 0 Å². The molecule has 2 N–H and O–H groups in total. The molecule has 0 fully saturated rings. The lowest BCUT2D eigenvalue weighted by Gasteiger charge is -2.30. The lowest BCUT2D eigenvalue weighted by molar-refractivity contribution is -0.121. The van der Waals surface area contributed by atoms with Gasteiger partial charge >= 0.3 is 5.97 Å².